The summed E-state index contributed by atoms with van der Waals surface area (Å²) in [5.74, 6) is 0.184. The Morgan fingerprint density at radius 3 is 2.75 bits per heavy atom. The van der Waals surface area contributed by atoms with Crippen LogP contribution in [0.3, 0.4) is 0 Å². The van der Waals surface area contributed by atoms with Gasteiger partial charge in [0.25, 0.3) is 0 Å². The molecule has 1 aromatic heterocycles. The molecule has 6 heteroatoms. The number of carbonyl (C=O) groups excluding carboxylic acids is 2. The number of likely N-dealkylation sites (tertiary alicyclic amines) is 1. The molecule has 1 saturated heterocycles. The number of amides is 3. The average molecular weight is 276 g/mol. The van der Waals surface area contributed by atoms with Crippen molar-refractivity contribution in [2.45, 2.75) is 32.2 Å². The van der Waals surface area contributed by atoms with Gasteiger partial charge in [0, 0.05) is 31.7 Å². The van der Waals surface area contributed by atoms with E-state index in [9.17, 15) is 9.59 Å². The van der Waals surface area contributed by atoms with E-state index in [4.69, 9.17) is 0 Å². The zero-order valence-electron chi connectivity index (χ0n) is 11.6. The van der Waals surface area contributed by atoms with Crippen molar-refractivity contribution in [3.8, 4) is 0 Å². The Hall–Kier alpha value is -2.11. The van der Waals surface area contributed by atoms with E-state index in [1.807, 2.05) is 11.8 Å². The third-order valence-corrected chi connectivity index (χ3v) is 3.40. The fourth-order valence-electron chi connectivity index (χ4n) is 2.29. The number of hydrogen-bond acceptors (Lipinski definition) is 3. The molecule has 0 atom stereocenters. The van der Waals surface area contributed by atoms with Gasteiger partial charge in [-0.15, -0.1) is 0 Å². The Morgan fingerprint density at radius 1 is 1.40 bits per heavy atom. The van der Waals surface area contributed by atoms with Gasteiger partial charge < -0.3 is 15.5 Å². The number of nitrogens with one attached hydrogen (secondary N) is 2. The first-order chi connectivity index (χ1) is 9.69. The Labute approximate surface area is 118 Å². The van der Waals surface area contributed by atoms with Crippen LogP contribution in [0.15, 0.2) is 24.5 Å². The lowest BCUT2D eigenvalue weighted by Gasteiger charge is -2.32. The normalized spacial score (nSPS) is 15.8. The van der Waals surface area contributed by atoms with Crippen molar-refractivity contribution in [2.75, 3.05) is 18.4 Å². The van der Waals surface area contributed by atoms with Crippen LogP contribution in [-0.4, -0.2) is 41.0 Å². The quantitative estimate of drug-likeness (QED) is 0.880. The molecule has 1 aliphatic rings. The zero-order valence-corrected chi connectivity index (χ0v) is 11.6. The van der Waals surface area contributed by atoms with E-state index in [1.54, 1.807) is 24.5 Å². The Balaban J connectivity index is 1.75. The summed E-state index contributed by atoms with van der Waals surface area (Å²) in [6.07, 6.45) is 5.39. The van der Waals surface area contributed by atoms with Crippen molar-refractivity contribution in [2.24, 2.45) is 0 Å². The van der Waals surface area contributed by atoms with Gasteiger partial charge in [0.15, 0.2) is 0 Å². The lowest BCUT2D eigenvalue weighted by molar-refractivity contribution is -0.131. The highest BCUT2D eigenvalue weighted by Crippen LogP contribution is 2.12. The molecular formula is C14H20N4O2. The van der Waals surface area contributed by atoms with E-state index in [2.05, 4.69) is 15.6 Å². The highest BCUT2D eigenvalue weighted by molar-refractivity contribution is 5.89. The summed E-state index contributed by atoms with van der Waals surface area (Å²) in [6, 6.07) is 3.45. The number of aromatic nitrogens is 1. The minimum absolute atomic E-state index is 0.118. The Morgan fingerprint density at radius 2 is 2.15 bits per heavy atom. The number of urea groups is 1. The summed E-state index contributed by atoms with van der Waals surface area (Å²) in [4.78, 5) is 29.2. The maximum atomic E-state index is 11.8. The van der Waals surface area contributed by atoms with E-state index in [1.165, 1.54) is 0 Å². The van der Waals surface area contributed by atoms with E-state index < -0.39 is 0 Å². The Bertz CT molecular complexity index is 456. The molecular weight excluding hydrogens is 256 g/mol. The van der Waals surface area contributed by atoms with Crippen molar-refractivity contribution in [3.63, 3.8) is 0 Å². The van der Waals surface area contributed by atoms with Crippen molar-refractivity contribution in [3.05, 3.63) is 24.5 Å². The van der Waals surface area contributed by atoms with Crippen LogP contribution < -0.4 is 10.6 Å². The van der Waals surface area contributed by atoms with Crippen LogP contribution >= 0.6 is 0 Å². The molecule has 0 radical (unpaired) electrons. The van der Waals surface area contributed by atoms with E-state index in [-0.39, 0.29) is 18.0 Å². The van der Waals surface area contributed by atoms with E-state index >= 15 is 0 Å². The van der Waals surface area contributed by atoms with Crippen LogP contribution in [0.25, 0.3) is 0 Å². The van der Waals surface area contributed by atoms with Crippen molar-refractivity contribution in [1.82, 2.24) is 15.2 Å². The third kappa shape index (κ3) is 3.94. The monoisotopic (exact) mass is 276 g/mol. The van der Waals surface area contributed by atoms with Gasteiger partial charge in [-0.1, -0.05) is 6.92 Å². The lowest BCUT2D eigenvalue weighted by Crippen LogP contribution is -2.47. The molecule has 0 bridgehead atoms. The molecule has 0 aliphatic carbocycles. The highest BCUT2D eigenvalue weighted by Gasteiger charge is 2.22. The molecule has 20 heavy (non-hydrogen) atoms. The maximum Gasteiger partial charge on any atom is 0.319 e. The predicted molar refractivity (Wildman–Crippen MR) is 76.3 cm³/mol. The molecule has 1 fully saturated rings. The van der Waals surface area contributed by atoms with Crippen molar-refractivity contribution < 1.29 is 9.59 Å². The van der Waals surface area contributed by atoms with Crippen LogP contribution in [0.2, 0.25) is 0 Å². The largest absolute Gasteiger partial charge is 0.343 e. The zero-order chi connectivity index (χ0) is 14.4. The third-order valence-electron chi connectivity index (χ3n) is 3.40. The van der Waals surface area contributed by atoms with Crippen molar-refractivity contribution >= 4 is 17.6 Å². The summed E-state index contributed by atoms with van der Waals surface area (Å²) in [5.41, 5.74) is 0.670. The average Bonchev–Trinajstić information content (AvgIpc) is 2.48. The van der Waals surface area contributed by atoms with Gasteiger partial charge in [-0.2, -0.15) is 0 Å². The fraction of sp³-hybridized carbons (Fsp3) is 0.500. The van der Waals surface area contributed by atoms with Gasteiger partial charge in [-0.25, -0.2) is 4.79 Å². The second-order valence-corrected chi connectivity index (χ2v) is 4.85. The number of nitrogens with zero attached hydrogens (tertiary/aromatic N) is 2. The molecule has 0 unspecified atom stereocenters. The summed E-state index contributed by atoms with van der Waals surface area (Å²) in [7, 11) is 0. The lowest BCUT2D eigenvalue weighted by atomic mass is 10.1. The maximum absolute atomic E-state index is 11.8. The van der Waals surface area contributed by atoms with Crippen molar-refractivity contribution in [1.29, 1.82) is 0 Å². The molecule has 2 rings (SSSR count). The standard InChI is InChI=1S/C14H20N4O2/c1-2-13(19)18-8-5-11(6-9-18)16-14(20)17-12-4-3-7-15-10-12/h3-4,7,10-11H,2,5-6,8-9H2,1H3,(H2,16,17,20). The van der Waals surface area contributed by atoms with E-state index in [0.29, 0.717) is 25.2 Å². The summed E-state index contributed by atoms with van der Waals surface area (Å²) >= 11 is 0. The van der Waals surface area contributed by atoms with Crippen LogP contribution in [0.1, 0.15) is 26.2 Å². The predicted octanol–water partition coefficient (Wildman–Crippen LogP) is 1.60. The molecule has 0 spiro atoms. The minimum Gasteiger partial charge on any atom is -0.343 e. The van der Waals surface area contributed by atoms with Gasteiger partial charge in [-0.05, 0) is 25.0 Å². The second-order valence-electron chi connectivity index (χ2n) is 4.85. The molecule has 1 aromatic rings. The molecule has 1 aliphatic heterocycles. The van der Waals surface area contributed by atoms with Gasteiger partial charge in [0.2, 0.25) is 5.91 Å². The SMILES string of the molecule is CCC(=O)N1CCC(NC(=O)Nc2cccnc2)CC1. The van der Waals surface area contributed by atoms with Gasteiger partial charge in [-0.3, -0.25) is 9.78 Å². The van der Waals surface area contributed by atoms with Gasteiger partial charge >= 0.3 is 6.03 Å². The number of rotatable bonds is 3. The minimum atomic E-state index is -0.224. The number of pyridine rings is 1. The number of hydrogen-bond donors (Lipinski definition) is 2. The highest BCUT2D eigenvalue weighted by atomic mass is 16.2. The molecule has 0 aromatic carbocycles. The number of carbonyl (C=O) groups is 2. The number of piperidine rings is 1. The molecule has 0 saturated carbocycles. The second kappa shape index (κ2) is 6.88. The number of anilines is 1. The fourth-order valence-corrected chi connectivity index (χ4v) is 2.29. The molecule has 6 nitrogen and oxygen atoms in total. The van der Waals surface area contributed by atoms with Crippen LogP contribution in [0.5, 0.6) is 0 Å². The van der Waals surface area contributed by atoms with Crippen LogP contribution in [-0.2, 0) is 4.79 Å². The topological polar surface area (TPSA) is 74.3 Å². The van der Waals surface area contributed by atoms with E-state index in [0.717, 1.165) is 12.8 Å². The summed E-state index contributed by atoms with van der Waals surface area (Å²) < 4.78 is 0. The first-order valence-corrected chi connectivity index (χ1v) is 6.94. The van der Waals surface area contributed by atoms with Crippen LogP contribution in [0.4, 0.5) is 10.5 Å². The van der Waals surface area contributed by atoms with Gasteiger partial charge in [0.1, 0.15) is 0 Å². The first kappa shape index (κ1) is 14.3. The molecule has 108 valence electrons. The summed E-state index contributed by atoms with van der Waals surface area (Å²) in [6.45, 7) is 3.29. The smallest absolute Gasteiger partial charge is 0.319 e. The molecule has 2 N–H and O–H groups in total. The molecule has 2 heterocycles. The first-order valence-electron chi connectivity index (χ1n) is 6.94. The summed E-state index contributed by atoms with van der Waals surface area (Å²) in [5, 5.41) is 5.67. The molecule has 3 amide bonds. The van der Waals surface area contributed by atoms with Crippen LogP contribution in [0, 0.1) is 0 Å². The van der Waals surface area contributed by atoms with Gasteiger partial charge in [0.05, 0.1) is 11.9 Å². The Kier molecular flexibility index (Phi) is 4.92.